The minimum atomic E-state index is -0.0909. The predicted molar refractivity (Wildman–Crippen MR) is 102 cm³/mol. The summed E-state index contributed by atoms with van der Waals surface area (Å²) in [6.07, 6.45) is 3.93. The molecule has 0 spiro atoms. The van der Waals surface area contributed by atoms with Gasteiger partial charge in [0.15, 0.2) is 0 Å². The Balaban J connectivity index is 1.59. The lowest BCUT2D eigenvalue weighted by atomic mass is 10.0. The summed E-state index contributed by atoms with van der Waals surface area (Å²) in [7, 11) is 0. The molecular weight excluding hydrogens is 310 g/mol. The monoisotopic (exact) mass is 333 g/mol. The van der Waals surface area contributed by atoms with Gasteiger partial charge in [-0.25, -0.2) is 4.98 Å². The van der Waals surface area contributed by atoms with Crippen LogP contribution in [0.15, 0.2) is 53.3 Å². The minimum Gasteiger partial charge on any atom is -0.306 e. The van der Waals surface area contributed by atoms with E-state index in [-0.39, 0.29) is 5.56 Å². The Hall–Kier alpha value is -2.46. The van der Waals surface area contributed by atoms with Gasteiger partial charge in [-0.3, -0.25) is 9.69 Å². The van der Waals surface area contributed by atoms with Gasteiger partial charge in [0, 0.05) is 18.2 Å². The molecule has 4 rings (SSSR count). The molecule has 4 heteroatoms. The lowest BCUT2D eigenvalue weighted by Gasteiger charge is -2.33. The molecule has 4 nitrogen and oxygen atoms in total. The van der Waals surface area contributed by atoms with Crippen molar-refractivity contribution in [2.24, 2.45) is 0 Å². The smallest absolute Gasteiger partial charge is 0.259 e. The maximum absolute atomic E-state index is 12.2. The van der Waals surface area contributed by atoms with E-state index < -0.39 is 0 Å². The summed E-state index contributed by atoms with van der Waals surface area (Å²) in [5.74, 6) is 0.626. The average Bonchev–Trinajstić information content (AvgIpc) is 2.64. The summed E-state index contributed by atoms with van der Waals surface area (Å²) in [5, 5.41) is 0.627. The quantitative estimate of drug-likeness (QED) is 0.789. The molecule has 0 bridgehead atoms. The number of nitrogens with one attached hydrogen (secondary N) is 1. The van der Waals surface area contributed by atoms with Crippen molar-refractivity contribution in [2.45, 2.75) is 38.8 Å². The second kappa shape index (κ2) is 6.81. The SMILES string of the molecule is CC1CCCCN1Cc1ccc(-c2nc3ccccc3c(=O)[nH]2)cc1. The van der Waals surface area contributed by atoms with Crippen LogP contribution in [-0.2, 0) is 6.54 Å². The molecule has 1 saturated heterocycles. The Bertz CT molecular complexity index is 930. The molecule has 1 N–H and O–H groups in total. The summed E-state index contributed by atoms with van der Waals surface area (Å²) in [5.41, 5.74) is 2.89. The van der Waals surface area contributed by atoms with Crippen molar-refractivity contribution < 1.29 is 0 Å². The van der Waals surface area contributed by atoms with Crippen LogP contribution < -0.4 is 5.56 Å². The number of nitrogens with zero attached hydrogens (tertiary/aromatic N) is 2. The highest BCUT2D eigenvalue weighted by atomic mass is 16.1. The zero-order valence-corrected chi connectivity index (χ0v) is 14.5. The fraction of sp³-hybridized carbons (Fsp3) is 0.333. The summed E-state index contributed by atoms with van der Waals surface area (Å²) < 4.78 is 0. The molecule has 0 radical (unpaired) electrons. The van der Waals surface area contributed by atoms with Crippen molar-refractivity contribution in [3.8, 4) is 11.4 Å². The molecule has 1 aliphatic rings. The van der Waals surface area contributed by atoms with Crippen LogP contribution in [-0.4, -0.2) is 27.5 Å². The number of para-hydroxylation sites is 1. The number of fused-ring (bicyclic) bond motifs is 1. The predicted octanol–water partition coefficient (Wildman–Crippen LogP) is 3.96. The zero-order valence-electron chi connectivity index (χ0n) is 14.5. The molecule has 1 aromatic heterocycles. The van der Waals surface area contributed by atoms with Crippen LogP contribution in [0, 0.1) is 0 Å². The Labute approximate surface area is 147 Å². The van der Waals surface area contributed by atoms with Crippen molar-refractivity contribution in [3.05, 3.63) is 64.4 Å². The van der Waals surface area contributed by atoms with Gasteiger partial charge in [0.1, 0.15) is 5.82 Å². The summed E-state index contributed by atoms with van der Waals surface area (Å²) in [6, 6.07) is 16.5. The first-order chi connectivity index (χ1) is 12.2. The first-order valence-corrected chi connectivity index (χ1v) is 9.03. The molecule has 0 aliphatic carbocycles. The summed E-state index contributed by atoms with van der Waals surface area (Å²) >= 11 is 0. The number of H-pyrrole nitrogens is 1. The van der Waals surface area contributed by atoms with Crippen molar-refractivity contribution in [3.63, 3.8) is 0 Å². The fourth-order valence-corrected chi connectivity index (χ4v) is 3.62. The van der Waals surface area contributed by atoms with Gasteiger partial charge in [-0.2, -0.15) is 0 Å². The van der Waals surface area contributed by atoms with E-state index in [1.54, 1.807) is 6.07 Å². The summed E-state index contributed by atoms with van der Waals surface area (Å²) in [4.78, 5) is 22.3. The highest BCUT2D eigenvalue weighted by Gasteiger charge is 2.18. The number of aromatic amines is 1. The van der Waals surface area contributed by atoms with E-state index in [1.165, 1.54) is 31.4 Å². The van der Waals surface area contributed by atoms with Crippen molar-refractivity contribution in [1.29, 1.82) is 0 Å². The molecule has 1 unspecified atom stereocenters. The number of piperidine rings is 1. The summed E-state index contributed by atoms with van der Waals surface area (Å²) in [6.45, 7) is 4.49. The van der Waals surface area contributed by atoms with Gasteiger partial charge in [-0.15, -0.1) is 0 Å². The van der Waals surface area contributed by atoms with Crippen LogP contribution >= 0.6 is 0 Å². The molecule has 3 aromatic rings. The van der Waals surface area contributed by atoms with Crippen LogP contribution in [0.25, 0.3) is 22.3 Å². The van der Waals surface area contributed by atoms with E-state index in [1.807, 2.05) is 18.2 Å². The molecule has 1 aliphatic heterocycles. The van der Waals surface area contributed by atoms with Crippen LogP contribution in [0.1, 0.15) is 31.7 Å². The number of rotatable bonds is 3. The lowest BCUT2D eigenvalue weighted by molar-refractivity contribution is 0.152. The number of likely N-dealkylation sites (tertiary alicyclic amines) is 1. The van der Waals surface area contributed by atoms with Crippen molar-refractivity contribution >= 4 is 10.9 Å². The Morgan fingerprint density at radius 3 is 2.72 bits per heavy atom. The van der Waals surface area contributed by atoms with E-state index in [0.29, 0.717) is 17.3 Å². The first kappa shape index (κ1) is 16.0. The highest BCUT2D eigenvalue weighted by molar-refractivity contribution is 5.79. The molecule has 1 fully saturated rings. The van der Waals surface area contributed by atoms with Crippen LogP contribution in [0.4, 0.5) is 0 Å². The Kier molecular flexibility index (Phi) is 4.36. The van der Waals surface area contributed by atoms with E-state index in [0.717, 1.165) is 17.6 Å². The van der Waals surface area contributed by atoms with Gasteiger partial charge in [0.2, 0.25) is 0 Å². The highest BCUT2D eigenvalue weighted by Crippen LogP contribution is 2.21. The van der Waals surface area contributed by atoms with Crippen molar-refractivity contribution in [2.75, 3.05) is 6.54 Å². The maximum atomic E-state index is 12.2. The van der Waals surface area contributed by atoms with Gasteiger partial charge in [0.25, 0.3) is 5.56 Å². The largest absolute Gasteiger partial charge is 0.306 e. The molecule has 0 saturated carbocycles. The molecular formula is C21H23N3O. The normalized spacial score (nSPS) is 18.5. The third kappa shape index (κ3) is 3.35. The fourth-order valence-electron chi connectivity index (χ4n) is 3.62. The molecule has 2 aromatic carbocycles. The number of hydrogen-bond acceptors (Lipinski definition) is 3. The van der Waals surface area contributed by atoms with E-state index in [2.05, 4.69) is 46.1 Å². The van der Waals surface area contributed by atoms with Gasteiger partial charge in [-0.1, -0.05) is 42.8 Å². The van der Waals surface area contributed by atoms with E-state index >= 15 is 0 Å². The Morgan fingerprint density at radius 1 is 1.12 bits per heavy atom. The van der Waals surface area contributed by atoms with Gasteiger partial charge >= 0.3 is 0 Å². The Morgan fingerprint density at radius 2 is 1.92 bits per heavy atom. The van der Waals surface area contributed by atoms with Crippen molar-refractivity contribution in [1.82, 2.24) is 14.9 Å². The standard InChI is InChI=1S/C21H23N3O/c1-15-6-4-5-13-24(15)14-16-9-11-17(12-10-16)20-22-19-8-3-2-7-18(19)21(25)23-20/h2-3,7-12,15H,4-6,13-14H2,1H3,(H,22,23,25). The van der Waals surface area contributed by atoms with Crippen LogP contribution in [0.3, 0.4) is 0 Å². The average molecular weight is 333 g/mol. The third-order valence-electron chi connectivity index (χ3n) is 5.17. The van der Waals surface area contributed by atoms with E-state index in [4.69, 9.17) is 0 Å². The third-order valence-corrected chi connectivity index (χ3v) is 5.17. The molecule has 0 amide bonds. The number of hydrogen-bond donors (Lipinski definition) is 1. The zero-order chi connectivity index (χ0) is 17.2. The molecule has 1 atom stereocenters. The minimum absolute atomic E-state index is 0.0909. The number of aromatic nitrogens is 2. The molecule has 2 heterocycles. The van der Waals surface area contributed by atoms with Gasteiger partial charge in [0.05, 0.1) is 10.9 Å². The second-order valence-corrected chi connectivity index (χ2v) is 6.94. The second-order valence-electron chi connectivity index (χ2n) is 6.94. The lowest BCUT2D eigenvalue weighted by Crippen LogP contribution is -2.36. The van der Waals surface area contributed by atoms with E-state index in [9.17, 15) is 4.79 Å². The first-order valence-electron chi connectivity index (χ1n) is 9.03. The van der Waals surface area contributed by atoms with Crippen LogP contribution in [0.2, 0.25) is 0 Å². The van der Waals surface area contributed by atoms with Crippen LogP contribution in [0.5, 0.6) is 0 Å². The maximum Gasteiger partial charge on any atom is 0.259 e. The molecule has 128 valence electrons. The molecule has 25 heavy (non-hydrogen) atoms. The van der Waals surface area contributed by atoms with Gasteiger partial charge in [-0.05, 0) is 44.0 Å². The topological polar surface area (TPSA) is 49.0 Å². The number of benzene rings is 2. The van der Waals surface area contributed by atoms with Gasteiger partial charge < -0.3 is 4.98 Å².